The predicted molar refractivity (Wildman–Crippen MR) is 84.9 cm³/mol. The lowest BCUT2D eigenvalue weighted by molar-refractivity contribution is 0.606. The Balaban J connectivity index is 2.43. The van der Waals surface area contributed by atoms with Crippen LogP contribution in [0.15, 0.2) is 29.4 Å². The van der Waals surface area contributed by atoms with Crippen LogP contribution in [0.1, 0.15) is 31.2 Å². The molecule has 1 aromatic carbocycles. The first-order valence-corrected chi connectivity index (χ1v) is 9.20. The van der Waals surface area contributed by atoms with Crippen LogP contribution in [-0.2, 0) is 15.6 Å². The van der Waals surface area contributed by atoms with E-state index < -0.39 is 9.05 Å². The van der Waals surface area contributed by atoms with Gasteiger partial charge in [0.1, 0.15) is 5.82 Å². The highest BCUT2D eigenvalue weighted by Gasteiger charge is 2.19. The molecule has 0 aliphatic carbocycles. The summed E-state index contributed by atoms with van der Waals surface area (Å²) in [6, 6.07) is 5.26. The van der Waals surface area contributed by atoms with Gasteiger partial charge in [0.15, 0.2) is 5.03 Å². The molecule has 2 rings (SSSR count). The lowest BCUT2D eigenvalue weighted by Gasteiger charge is -2.10. The summed E-state index contributed by atoms with van der Waals surface area (Å²) in [6.07, 6.45) is 1.43. The van der Waals surface area contributed by atoms with Crippen molar-refractivity contribution in [1.82, 2.24) is 9.55 Å². The Bertz CT molecular complexity index is 770. The van der Waals surface area contributed by atoms with E-state index in [9.17, 15) is 8.42 Å². The Kier molecular flexibility index (Phi) is 4.88. The first-order valence-electron chi connectivity index (χ1n) is 6.14. The molecule has 114 valence electrons. The molecular weight excluding hydrogens is 355 g/mol. The van der Waals surface area contributed by atoms with Crippen LogP contribution in [0.4, 0.5) is 0 Å². The molecule has 0 amide bonds. The summed E-state index contributed by atoms with van der Waals surface area (Å²) in [4.78, 5) is 4.10. The van der Waals surface area contributed by atoms with Gasteiger partial charge < -0.3 is 4.57 Å². The standard InChI is InChI=1S/C13H13Cl3N2O2S/c1-8(2)13-17-12(21(16,19)20)7-18(13)6-9-3-4-10(14)11(15)5-9/h3-5,7-8H,6H2,1-2H3. The molecule has 0 fully saturated rings. The Hall–Kier alpha value is -0.750. The molecule has 0 atom stereocenters. The summed E-state index contributed by atoms with van der Waals surface area (Å²) in [5.74, 6) is 0.695. The number of nitrogens with zero attached hydrogens (tertiary/aromatic N) is 2. The fourth-order valence-corrected chi connectivity index (χ4v) is 2.94. The Labute approximate surface area is 138 Å². The number of hydrogen-bond donors (Lipinski definition) is 0. The van der Waals surface area contributed by atoms with E-state index in [0.717, 1.165) is 5.56 Å². The molecule has 1 aromatic heterocycles. The fourth-order valence-electron chi connectivity index (χ4n) is 1.94. The van der Waals surface area contributed by atoms with Crippen LogP contribution < -0.4 is 0 Å². The molecular formula is C13H13Cl3N2O2S. The van der Waals surface area contributed by atoms with Crippen LogP contribution in [0.5, 0.6) is 0 Å². The van der Waals surface area contributed by atoms with Gasteiger partial charge in [-0.3, -0.25) is 0 Å². The molecule has 0 saturated heterocycles. The highest BCUT2D eigenvalue weighted by molar-refractivity contribution is 8.13. The number of hydrogen-bond acceptors (Lipinski definition) is 3. The minimum Gasteiger partial charge on any atom is -0.329 e. The zero-order valence-electron chi connectivity index (χ0n) is 11.3. The average molecular weight is 368 g/mol. The summed E-state index contributed by atoms with van der Waals surface area (Å²) >= 11 is 11.9. The SMILES string of the molecule is CC(C)c1nc(S(=O)(=O)Cl)cn1Cc1ccc(Cl)c(Cl)c1. The molecule has 8 heteroatoms. The van der Waals surface area contributed by atoms with Crippen LogP contribution in [0.25, 0.3) is 0 Å². The highest BCUT2D eigenvalue weighted by atomic mass is 35.7. The third-order valence-electron chi connectivity index (χ3n) is 2.89. The van der Waals surface area contributed by atoms with Gasteiger partial charge in [0.2, 0.25) is 0 Å². The van der Waals surface area contributed by atoms with Crippen molar-refractivity contribution in [2.75, 3.05) is 0 Å². The lowest BCUT2D eigenvalue weighted by Crippen LogP contribution is -2.05. The van der Waals surface area contributed by atoms with Crippen molar-refractivity contribution in [2.24, 2.45) is 0 Å². The van der Waals surface area contributed by atoms with Crippen molar-refractivity contribution in [3.05, 3.63) is 45.8 Å². The van der Waals surface area contributed by atoms with E-state index in [1.54, 1.807) is 16.7 Å². The smallest absolute Gasteiger partial charge is 0.280 e. The minimum absolute atomic E-state index is 0.0555. The second-order valence-corrected chi connectivity index (χ2v) is 8.23. The topological polar surface area (TPSA) is 52.0 Å². The summed E-state index contributed by atoms with van der Waals surface area (Å²) in [5.41, 5.74) is 0.891. The zero-order valence-corrected chi connectivity index (χ0v) is 14.4. The van der Waals surface area contributed by atoms with Gasteiger partial charge >= 0.3 is 0 Å². The normalized spacial score (nSPS) is 12.1. The summed E-state index contributed by atoms with van der Waals surface area (Å²) in [6.45, 7) is 4.29. The Morgan fingerprint density at radius 1 is 1.24 bits per heavy atom. The number of imidazole rings is 1. The molecule has 0 radical (unpaired) electrons. The summed E-state index contributed by atoms with van der Waals surface area (Å²) < 4.78 is 24.6. The molecule has 21 heavy (non-hydrogen) atoms. The first kappa shape index (κ1) is 16.6. The Morgan fingerprint density at radius 3 is 2.43 bits per heavy atom. The monoisotopic (exact) mass is 366 g/mol. The van der Waals surface area contributed by atoms with Gasteiger partial charge in [-0.1, -0.05) is 43.1 Å². The van der Waals surface area contributed by atoms with Crippen molar-refractivity contribution >= 4 is 42.9 Å². The molecule has 0 bridgehead atoms. The highest BCUT2D eigenvalue weighted by Crippen LogP contribution is 2.25. The van der Waals surface area contributed by atoms with Crippen molar-refractivity contribution in [3.63, 3.8) is 0 Å². The van der Waals surface area contributed by atoms with Crippen molar-refractivity contribution < 1.29 is 8.42 Å². The quantitative estimate of drug-likeness (QED) is 0.757. The van der Waals surface area contributed by atoms with Gasteiger partial charge in [-0.25, -0.2) is 13.4 Å². The van der Waals surface area contributed by atoms with Crippen molar-refractivity contribution in [3.8, 4) is 0 Å². The Morgan fingerprint density at radius 2 is 1.90 bits per heavy atom. The third-order valence-corrected chi connectivity index (χ3v) is 4.80. The summed E-state index contributed by atoms with van der Waals surface area (Å²) in [7, 11) is 1.50. The second-order valence-electron chi connectivity index (χ2n) is 4.91. The van der Waals surface area contributed by atoms with E-state index in [-0.39, 0.29) is 10.9 Å². The molecule has 0 saturated carbocycles. The van der Waals surface area contributed by atoms with E-state index in [1.165, 1.54) is 6.20 Å². The zero-order chi connectivity index (χ0) is 15.8. The van der Waals surface area contributed by atoms with Crippen molar-refractivity contribution in [1.29, 1.82) is 0 Å². The van der Waals surface area contributed by atoms with Gasteiger partial charge in [0.05, 0.1) is 10.0 Å². The molecule has 1 heterocycles. The third kappa shape index (κ3) is 3.92. The van der Waals surface area contributed by atoms with E-state index in [1.807, 2.05) is 19.9 Å². The molecule has 0 unspecified atom stereocenters. The van der Waals surface area contributed by atoms with Crippen LogP contribution in [0.2, 0.25) is 10.0 Å². The maximum Gasteiger partial charge on any atom is 0.280 e. The number of rotatable bonds is 4. The van der Waals surface area contributed by atoms with Crippen molar-refractivity contribution in [2.45, 2.75) is 31.3 Å². The lowest BCUT2D eigenvalue weighted by atomic mass is 10.2. The van der Waals surface area contributed by atoms with Gasteiger partial charge in [-0.2, -0.15) is 0 Å². The average Bonchev–Trinajstić information content (AvgIpc) is 2.78. The van der Waals surface area contributed by atoms with Crippen LogP contribution >= 0.6 is 33.9 Å². The molecule has 4 nitrogen and oxygen atoms in total. The predicted octanol–water partition coefficient (Wildman–Crippen LogP) is 4.29. The van der Waals surface area contributed by atoms with E-state index >= 15 is 0 Å². The largest absolute Gasteiger partial charge is 0.329 e. The maximum atomic E-state index is 11.4. The van der Waals surface area contributed by atoms with Gasteiger partial charge in [-0.15, -0.1) is 0 Å². The van der Waals surface area contributed by atoms with E-state index in [0.29, 0.717) is 22.4 Å². The van der Waals surface area contributed by atoms with E-state index in [2.05, 4.69) is 4.98 Å². The molecule has 0 N–H and O–H groups in total. The number of halogens is 3. The molecule has 2 aromatic rings. The second kappa shape index (κ2) is 6.16. The number of aromatic nitrogens is 2. The van der Waals surface area contributed by atoms with Gasteiger partial charge in [0.25, 0.3) is 9.05 Å². The molecule has 0 aliphatic rings. The van der Waals surface area contributed by atoms with Crippen LogP contribution in [-0.4, -0.2) is 18.0 Å². The first-order chi connectivity index (χ1) is 9.68. The maximum absolute atomic E-state index is 11.4. The van der Waals surface area contributed by atoms with Crippen LogP contribution in [0, 0.1) is 0 Å². The van der Waals surface area contributed by atoms with Crippen LogP contribution in [0.3, 0.4) is 0 Å². The minimum atomic E-state index is -3.85. The van der Waals surface area contributed by atoms with E-state index in [4.69, 9.17) is 33.9 Å². The van der Waals surface area contributed by atoms with Gasteiger partial charge in [0, 0.05) is 29.3 Å². The summed E-state index contributed by atoms with van der Waals surface area (Å²) in [5, 5.41) is 0.776. The van der Waals surface area contributed by atoms with Gasteiger partial charge in [-0.05, 0) is 17.7 Å². The molecule has 0 spiro atoms. The number of benzene rings is 1. The molecule has 0 aliphatic heterocycles. The fraction of sp³-hybridized carbons (Fsp3) is 0.308.